The van der Waals surface area contributed by atoms with Gasteiger partial charge in [0, 0.05) is 17.8 Å². The first kappa shape index (κ1) is 12.2. The molecule has 1 aromatic rings. The summed E-state index contributed by atoms with van der Waals surface area (Å²) in [6.45, 7) is 0. The number of nitrogens with zero attached hydrogens (tertiary/aromatic N) is 1. The Morgan fingerprint density at radius 3 is 2.86 bits per heavy atom. The van der Waals surface area contributed by atoms with Crippen molar-refractivity contribution in [3.63, 3.8) is 0 Å². The van der Waals surface area contributed by atoms with Crippen LogP contribution in [-0.2, 0) is 0 Å². The molecule has 21 heavy (non-hydrogen) atoms. The number of anilines is 1. The largest absolute Gasteiger partial charge is 0.354 e. The number of fused-ring (bicyclic) bond motifs is 1. The number of para-hydroxylation sites is 1. The van der Waals surface area contributed by atoms with E-state index in [1.807, 2.05) is 24.4 Å². The van der Waals surface area contributed by atoms with Crippen LogP contribution >= 0.6 is 0 Å². The monoisotopic (exact) mass is 272 g/mol. The number of hydrogen-bond acceptors (Lipinski definition) is 2. The average molecular weight is 272 g/mol. The van der Waals surface area contributed by atoms with E-state index in [0.29, 0.717) is 0 Å². The number of nitrogens with one attached hydrogen (secondary N) is 1. The van der Waals surface area contributed by atoms with Crippen molar-refractivity contribution in [3.8, 4) is 0 Å². The second-order valence-corrected chi connectivity index (χ2v) is 5.33. The first-order valence-corrected chi connectivity index (χ1v) is 7.27. The van der Waals surface area contributed by atoms with E-state index in [4.69, 9.17) is 0 Å². The van der Waals surface area contributed by atoms with Crippen LogP contribution < -0.4 is 5.32 Å². The molecule has 2 aliphatic carbocycles. The third-order valence-corrected chi connectivity index (χ3v) is 3.97. The van der Waals surface area contributed by atoms with Gasteiger partial charge in [-0.05, 0) is 35.8 Å². The second-order valence-electron chi connectivity index (χ2n) is 5.33. The van der Waals surface area contributed by atoms with Crippen LogP contribution in [0.1, 0.15) is 6.42 Å². The molecule has 2 heteroatoms. The molecule has 3 aliphatic rings. The molecule has 0 bridgehead atoms. The smallest absolute Gasteiger partial charge is 0.0751 e. The van der Waals surface area contributed by atoms with E-state index < -0.39 is 0 Å². The summed E-state index contributed by atoms with van der Waals surface area (Å²) in [6.07, 6.45) is 16.1. The van der Waals surface area contributed by atoms with E-state index in [9.17, 15) is 0 Å². The Hall–Kier alpha value is -2.61. The lowest BCUT2D eigenvalue weighted by molar-refractivity contribution is 1.06. The number of rotatable bonds is 3. The summed E-state index contributed by atoms with van der Waals surface area (Å²) in [7, 11) is 0. The maximum Gasteiger partial charge on any atom is 0.0751 e. The van der Waals surface area contributed by atoms with Crippen molar-refractivity contribution < 1.29 is 0 Å². The fourth-order valence-electron chi connectivity index (χ4n) is 2.94. The van der Waals surface area contributed by atoms with Gasteiger partial charge in [-0.25, -0.2) is 0 Å². The van der Waals surface area contributed by atoms with E-state index in [1.165, 1.54) is 11.1 Å². The Morgan fingerprint density at radius 2 is 2.05 bits per heavy atom. The number of aliphatic imine (C=N–C) groups is 1. The molecule has 102 valence electrons. The minimum absolute atomic E-state index is 0.273. The summed E-state index contributed by atoms with van der Waals surface area (Å²) >= 11 is 0. The molecule has 4 rings (SSSR count). The Kier molecular flexibility index (Phi) is 2.93. The molecule has 1 unspecified atom stereocenters. The molecule has 0 radical (unpaired) electrons. The van der Waals surface area contributed by atoms with Crippen LogP contribution in [0.2, 0.25) is 0 Å². The lowest BCUT2D eigenvalue weighted by Gasteiger charge is -2.20. The highest BCUT2D eigenvalue weighted by Gasteiger charge is 2.28. The lowest BCUT2D eigenvalue weighted by atomic mass is 9.87. The van der Waals surface area contributed by atoms with Gasteiger partial charge in [0.25, 0.3) is 0 Å². The van der Waals surface area contributed by atoms with E-state index in [0.717, 1.165) is 23.5 Å². The minimum Gasteiger partial charge on any atom is -0.354 e. The van der Waals surface area contributed by atoms with Crippen LogP contribution in [-0.4, -0.2) is 5.71 Å². The molecule has 0 saturated heterocycles. The van der Waals surface area contributed by atoms with Crippen molar-refractivity contribution in [2.24, 2.45) is 10.9 Å². The number of benzene rings is 1. The molecule has 0 amide bonds. The van der Waals surface area contributed by atoms with Gasteiger partial charge in [0.05, 0.1) is 11.4 Å². The van der Waals surface area contributed by atoms with Crippen LogP contribution in [0.3, 0.4) is 0 Å². The predicted octanol–water partition coefficient (Wildman–Crippen LogP) is 4.39. The van der Waals surface area contributed by atoms with Gasteiger partial charge in [-0.1, -0.05) is 48.6 Å². The summed E-state index contributed by atoms with van der Waals surface area (Å²) in [5.74, 6) is 0.273. The molecule has 1 N–H and O–H groups in total. The van der Waals surface area contributed by atoms with Gasteiger partial charge in [0.15, 0.2) is 0 Å². The fourth-order valence-corrected chi connectivity index (χ4v) is 2.94. The van der Waals surface area contributed by atoms with Crippen LogP contribution in [0, 0.1) is 5.92 Å². The summed E-state index contributed by atoms with van der Waals surface area (Å²) in [5.41, 5.74) is 5.90. The van der Waals surface area contributed by atoms with Crippen molar-refractivity contribution in [1.82, 2.24) is 0 Å². The summed E-state index contributed by atoms with van der Waals surface area (Å²) in [4.78, 5) is 4.66. The van der Waals surface area contributed by atoms with Crippen LogP contribution in [0.4, 0.5) is 5.69 Å². The summed E-state index contributed by atoms with van der Waals surface area (Å²) in [5, 5.41) is 3.47. The fraction of sp³-hybridized carbons (Fsp3) is 0.105. The molecule has 1 atom stereocenters. The minimum atomic E-state index is 0.273. The predicted molar refractivity (Wildman–Crippen MR) is 88.1 cm³/mol. The van der Waals surface area contributed by atoms with Gasteiger partial charge in [-0.15, -0.1) is 0 Å². The topological polar surface area (TPSA) is 24.4 Å². The highest BCUT2D eigenvalue weighted by Crippen LogP contribution is 2.35. The third-order valence-electron chi connectivity index (χ3n) is 3.97. The van der Waals surface area contributed by atoms with Crippen molar-refractivity contribution in [2.75, 3.05) is 5.32 Å². The lowest BCUT2D eigenvalue weighted by Crippen LogP contribution is -2.21. The Balaban J connectivity index is 1.59. The summed E-state index contributed by atoms with van der Waals surface area (Å²) in [6, 6.07) is 10.2. The zero-order valence-corrected chi connectivity index (χ0v) is 11.7. The van der Waals surface area contributed by atoms with Crippen molar-refractivity contribution in [1.29, 1.82) is 0 Å². The van der Waals surface area contributed by atoms with Crippen molar-refractivity contribution in [3.05, 3.63) is 89.8 Å². The number of hydrogen-bond donors (Lipinski definition) is 1. The Morgan fingerprint density at radius 1 is 1.14 bits per heavy atom. The molecule has 0 spiro atoms. The zero-order valence-electron chi connectivity index (χ0n) is 11.7. The molecule has 1 heterocycles. The standard InChI is InChI=1S/C19H16N2/c1-2-9-15(10-3-1)21-18-12-6-11-16-17(13-20-19(16)18)14-7-4-5-8-14/h1-4,6-13,16,21H,5H2. The Bertz CT molecular complexity index is 743. The molecule has 0 aromatic heterocycles. The first-order valence-electron chi connectivity index (χ1n) is 7.27. The molecule has 1 aromatic carbocycles. The maximum atomic E-state index is 4.66. The second kappa shape index (κ2) is 5.06. The van der Waals surface area contributed by atoms with Gasteiger partial charge < -0.3 is 5.32 Å². The van der Waals surface area contributed by atoms with E-state index >= 15 is 0 Å². The third kappa shape index (κ3) is 2.19. The van der Waals surface area contributed by atoms with E-state index in [-0.39, 0.29) is 5.92 Å². The molecular formula is C19H16N2. The molecule has 0 saturated carbocycles. The molecule has 0 fully saturated rings. The zero-order chi connectivity index (χ0) is 14.1. The number of allylic oxidation sites excluding steroid dienone is 9. The van der Waals surface area contributed by atoms with Gasteiger partial charge in [-0.3, -0.25) is 4.99 Å². The maximum absolute atomic E-state index is 4.66. The van der Waals surface area contributed by atoms with Crippen molar-refractivity contribution in [2.45, 2.75) is 6.42 Å². The van der Waals surface area contributed by atoms with E-state index in [1.54, 1.807) is 0 Å². The van der Waals surface area contributed by atoms with Gasteiger partial charge >= 0.3 is 0 Å². The van der Waals surface area contributed by atoms with Gasteiger partial charge in [0.1, 0.15) is 0 Å². The average Bonchev–Trinajstić information content (AvgIpc) is 3.17. The SMILES string of the molecule is C1=CC2C(C3=CCC=C3)=CN=C2C(Nc2ccccc2)=C1. The highest BCUT2D eigenvalue weighted by molar-refractivity contribution is 6.10. The van der Waals surface area contributed by atoms with Crippen LogP contribution in [0.15, 0.2) is 94.8 Å². The molecule has 1 aliphatic heterocycles. The van der Waals surface area contributed by atoms with Gasteiger partial charge in [0.2, 0.25) is 0 Å². The summed E-state index contributed by atoms with van der Waals surface area (Å²) < 4.78 is 0. The normalized spacial score (nSPS) is 22.4. The molecule has 2 nitrogen and oxygen atoms in total. The van der Waals surface area contributed by atoms with Crippen LogP contribution in [0.25, 0.3) is 0 Å². The van der Waals surface area contributed by atoms with E-state index in [2.05, 4.69) is 58.9 Å². The Labute approximate surface area is 124 Å². The van der Waals surface area contributed by atoms with Gasteiger partial charge in [-0.2, -0.15) is 0 Å². The first-order chi connectivity index (χ1) is 10.4. The molecular weight excluding hydrogens is 256 g/mol. The van der Waals surface area contributed by atoms with Crippen LogP contribution in [0.5, 0.6) is 0 Å². The quantitative estimate of drug-likeness (QED) is 0.867. The highest BCUT2D eigenvalue weighted by atomic mass is 14.9. The van der Waals surface area contributed by atoms with Crippen molar-refractivity contribution >= 4 is 11.4 Å².